The van der Waals surface area contributed by atoms with E-state index in [1.807, 2.05) is 17.0 Å². The molecule has 4 rings (SSSR count). The number of carbonyl (C=O) groups excluding carboxylic acids is 1. The van der Waals surface area contributed by atoms with E-state index in [4.69, 9.17) is 14.2 Å². The first-order valence-corrected chi connectivity index (χ1v) is 9.56. The Balaban J connectivity index is 1.23. The first-order valence-electron chi connectivity index (χ1n) is 9.56. The Morgan fingerprint density at radius 1 is 1.20 bits per heavy atom. The molecule has 1 aromatic heterocycles. The van der Waals surface area contributed by atoms with E-state index in [2.05, 4.69) is 4.98 Å². The number of nitrogens with zero attached hydrogens (tertiary/aromatic N) is 1. The highest BCUT2D eigenvalue weighted by atomic mass is 16.5. The highest BCUT2D eigenvalue weighted by Crippen LogP contribution is 2.32. The van der Waals surface area contributed by atoms with Gasteiger partial charge in [0, 0.05) is 32.6 Å². The zero-order valence-electron chi connectivity index (χ0n) is 14.7. The largest absolute Gasteiger partial charge is 0.381 e. The van der Waals surface area contributed by atoms with E-state index in [-0.39, 0.29) is 24.2 Å². The van der Waals surface area contributed by atoms with Gasteiger partial charge in [0.15, 0.2) is 0 Å². The molecule has 4 heterocycles. The van der Waals surface area contributed by atoms with Crippen LogP contribution in [-0.2, 0) is 14.2 Å². The maximum Gasteiger partial charge on any atom is 0.270 e. The van der Waals surface area contributed by atoms with Crippen LogP contribution in [0.25, 0.3) is 0 Å². The Labute approximate surface area is 148 Å². The molecule has 1 amide bonds. The van der Waals surface area contributed by atoms with Crippen LogP contribution in [-0.4, -0.2) is 67.0 Å². The van der Waals surface area contributed by atoms with Gasteiger partial charge in [0.25, 0.3) is 5.91 Å². The summed E-state index contributed by atoms with van der Waals surface area (Å²) in [5.41, 5.74) is 0.669. The number of H-pyrrole nitrogens is 1. The van der Waals surface area contributed by atoms with E-state index in [9.17, 15) is 4.79 Å². The number of aromatic amines is 1. The Kier molecular flexibility index (Phi) is 5.39. The predicted octanol–water partition coefficient (Wildman–Crippen LogP) is 2.22. The Morgan fingerprint density at radius 2 is 2.08 bits per heavy atom. The minimum Gasteiger partial charge on any atom is -0.381 e. The van der Waals surface area contributed by atoms with Crippen molar-refractivity contribution in [1.82, 2.24) is 9.88 Å². The van der Waals surface area contributed by atoms with E-state index >= 15 is 0 Å². The van der Waals surface area contributed by atoms with Gasteiger partial charge in [-0.15, -0.1) is 0 Å². The molecule has 0 saturated carbocycles. The summed E-state index contributed by atoms with van der Waals surface area (Å²) in [5, 5.41) is 0. The van der Waals surface area contributed by atoms with Crippen molar-refractivity contribution in [2.75, 3.05) is 33.0 Å². The molecule has 0 aliphatic carbocycles. The molecule has 0 unspecified atom stereocenters. The lowest BCUT2D eigenvalue weighted by atomic mass is 9.99. The number of hydrogen-bond acceptors (Lipinski definition) is 4. The third kappa shape index (κ3) is 3.91. The molecule has 3 saturated heterocycles. The molecule has 3 aliphatic rings. The fraction of sp³-hybridized carbons (Fsp3) is 0.737. The predicted molar refractivity (Wildman–Crippen MR) is 92.5 cm³/mol. The van der Waals surface area contributed by atoms with Crippen LogP contribution in [0.3, 0.4) is 0 Å². The highest BCUT2D eigenvalue weighted by Gasteiger charge is 2.42. The van der Waals surface area contributed by atoms with Crippen molar-refractivity contribution in [2.45, 2.75) is 50.4 Å². The third-order valence-electron chi connectivity index (χ3n) is 5.72. The van der Waals surface area contributed by atoms with Crippen molar-refractivity contribution in [1.29, 1.82) is 0 Å². The monoisotopic (exact) mass is 348 g/mol. The van der Waals surface area contributed by atoms with Crippen LogP contribution in [0.4, 0.5) is 0 Å². The smallest absolute Gasteiger partial charge is 0.270 e. The SMILES string of the molecule is O=C(c1ccc[nH]1)N1CC[C@@H]2O[C@H](COCC3CCOCC3)CC[C@@H]21. The van der Waals surface area contributed by atoms with E-state index < -0.39 is 0 Å². The number of hydrogen-bond donors (Lipinski definition) is 1. The van der Waals surface area contributed by atoms with E-state index in [0.717, 1.165) is 58.5 Å². The van der Waals surface area contributed by atoms with Crippen LogP contribution >= 0.6 is 0 Å². The first-order chi connectivity index (χ1) is 12.3. The molecule has 6 nitrogen and oxygen atoms in total. The third-order valence-corrected chi connectivity index (χ3v) is 5.72. The number of aromatic nitrogens is 1. The zero-order chi connectivity index (χ0) is 17.1. The van der Waals surface area contributed by atoms with Gasteiger partial charge < -0.3 is 24.1 Å². The van der Waals surface area contributed by atoms with Crippen LogP contribution < -0.4 is 0 Å². The van der Waals surface area contributed by atoms with E-state index in [1.54, 1.807) is 6.20 Å². The van der Waals surface area contributed by atoms with Crippen molar-refractivity contribution < 1.29 is 19.0 Å². The van der Waals surface area contributed by atoms with Gasteiger partial charge in [-0.05, 0) is 50.2 Å². The van der Waals surface area contributed by atoms with Gasteiger partial charge in [0.2, 0.25) is 0 Å². The van der Waals surface area contributed by atoms with Gasteiger partial charge in [-0.3, -0.25) is 4.79 Å². The molecule has 138 valence electrons. The molecule has 1 N–H and O–H groups in total. The van der Waals surface area contributed by atoms with E-state index in [1.165, 1.54) is 0 Å². The first kappa shape index (κ1) is 17.1. The van der Waals surface area contributed by atoms with Gasteiger partial charge in [0.1, 0.15) is 5.69 Å². The van der Waals surface area contributed by atoms with Gasteiger partial charge in [0.05, 0.1) is 24.9 Å². The number of amides is 1. The van der Waals surface area contributed by atoms with Crippen molar-refractivity contribution >= 4 is 5.91 Å². The average Bonchev–Trinajstić information content (AvgIpc) is 3.32. The molecule has 0 spiro atoms. The zero-order valence-corrected chi connectivity index (χ0v) is 14.7. The van der Waals surface area contributed by atoms with Crippen LogP contribution in [0.5, 0.6) is 0 Å². The molecule has 3 atom stereocenters. The highest BCUT2D eigenvalue weighted by molar-refractivity contribution is 5.92. The standard InChI is InChI=1S/C19H28N2O4/c22-19(16-2-1-8-20-16)21-9-5-18-17(21)4-3-15(25-18)13-24-12-14-6-10-23-11-7-14/h1-2,8,14-15,17-18,20H,3-7,9-13H2/t15-,17-,18-/m0/s1. The molecule has 6 heteroatoms. The summed E-state index contributed by atoms with van der Waals surface area (Å²) in [7, 11) is 0. The van der Waals surface area contributed by atoms with Crippen molar-refractivity contribution in [3.05, 3.63) is 24.0 Å². The van der Waals surface area contributed by atoms with Crippen molar-refractivity contribution in [2.24, 2.45) is 5.92 Å². The quantitative estimate of drug-likeness (QED) is 0.886. The van der Waals surface area contributed by atoms with Crippen LogP contribution in [0.1, 0.15) is 42.6 Å². The van der Waals surface area contributed by atoms with E-state index in [0.29, 0.717) is 18.2 Å². The minimum atomic E-state index is 0.0929. The summed E-state index contributed by atoms with van der Waals surface area (Å²) >= 11 is 0. The van der Waals surface area contributed by atoms with Crippen LogP contribution in [0.15, 0.2) is 18.3 Å². The molecule has 1 aromatic rings. The minimum absolute atomic E-state index is 0.0929. The number of ether oxygens (including phenoxy) is 3. The summed E-state index contributed by atoms with van der Waals surface area (Å²) in [5.74, 6) is 0.723. The molecule has 0 bridgehead atoms. The molecular weight excluding hydrogens is 320 g/mol. The number of likely N-dealkylation sites (tertiary alicyclic amines) is 1. The summed E-state index contributed by atoms with van der Waals surface area (Å²) in [6.07, 6.45) is 7.22. The lowest BCUT2D eigenvalue weighted by molar-refractivity contribution is -0.102. The molecule has 3 aliphatic heterocycles. The summed E-state index contributed by atoms with van der Waals surface area (Å²) in [6.45, 7) is 3.99. The van der Waals surface area contributed by atoms with Gasteiger partial charge >= 0.3 is 0 Å². The Morgan fingerprint density at radius 3 is 2.88 bits per heavy atom. The summed E-state index contributed by atoms with van der Waals surface area (Å²) in [6, 6.07) is 3.92. The second kappa shape index (κ2) is 7.89. The normalized spacial score (nSPS) is 30.4. The maximum absolute atomic E-state index is 12.6. The second-order valence-electron chi connectivity index (χ2n) is 7.41. The summed E-state index contributed by atoms with van der Waals surface area (Å²) in [4.78, 5) is 17.6. The van der Waals surface area contributed by atoms with Gasteiger partial charge in [-0.1, -0.05) is 0 Å². The fourth-order valence-corrected chi connectivity index (χ4v) is 4.27. The Bertz CT molecular complexity index is 556. The molecule has 0 aromatic carbocycles. The number of carbonyl (C=O) groups is 1. The molecule has 25 heavy (non-hydrogen) atoms. The molecule has 3 fully saturated rings. The van der Waals surface area contributed by atoms with Crippen molar-refractivity contribution in [3.8, 4) is 0 Å². The van der Waals surface area contributed by atoms with Crippen molar-refractivity contribution in [3.63, 3.8) is 0 Å². The Hall–Kier alpha value is -1.37. The number of fused-ring (bicyclic) bond motifs is 1. The second-order valence-corrected chi connectivity index (χ2v) is 7.41. The van der Waals surface area contributed by atoms with Gasteiger partial charge in [-0.2, -0.15) is 0 Å². The van der Waals surface area contributed by atoms with Crippen LogP contribution in [0.2, 0.25) is 0 Å². The lowest BCUT2D eigenvalue weighted by Crippen LogP contribution is -2.46. The average molecular weight is 348 g/mol. The topological polar surface area (TPSA) is 63.8 Å². The fourth-order valence-electron chi connectivity index (χ4n) is 4.27. The maximum atomic E-state index is 12.6. The lowest BCUT2D eigenvalue weighted by Gasteiger charge is -2.36. The molecular formula is C19H28N2O4. The summed E-state index contributed by atoms with van der Waals surface area (Å²) < 4.78 is 17.6. The van der Waals surface area contributed by atoms with Crippen LogP contribution in [0, 0.1) is 5.92 Å². The van der Waals surface area contributed by atoms with Gasteiger partial charge in [-0.25, -0.2) is 0 Å². The molecule has 0 radical (unpaired) electrons. The number of rotatable bonds is 5. The number of nitrogens with one attached hydrogen (secondary N) is 1.